The van der Waals surface area contributed by atoms with E-state index in [4.69, 9.17) is 16.7 Å². The first-order valence-electron chi connectivity index (χ1n) is 11.7. The van der Waals surface area contributed by atoms with Gasteiger partial charge in [-0.2, -0.15) is 4.31 Å². The number of primary sulfonamides is 1. The number of sulfonamides is 2. The number of carbonyl (C=O) groups excluding carboxylic acids is 1. The normalized spacial score (nSPS) is 19.9. The van der Waals surface area contributed by atoms with Gasteiger partial charge in [0.05, 0.1) is 11.4 Å². The standard InChI is InChI=1S/C22H27ClN6O5S3/c1-27-6-4-18-19(13-27)35-21(26-18)22(30)29-8-7-28(12-16(29)5-9-36(24,31)32)37(33,34)20-11-14-10-15(23)2-3-17(14)25-20/h2-3,10-11,16,25H,4-9,12-13H2,1H3,(H2,24,31,32). The first-order valence-corrected chi connectivity index (χ1v) is 16.0. The Kier molecular flexibility index (Phi) is 7.11. The van der Waals surface area contributed by atoms with E-state index in [0.717, 1.165) is 30.1 Å². The number of halogens is 1. The Morgan fingerprint density at radius 1 is 1.22 bits per heavy atom. The molecule has 200 valence electrons. The van der Waals surface area contributed by atoms with Crippen molar-refractivity contribution in [2.24, 2.45) is 5.14 Å². The van der Waals surface area contributed by atoms with Gasteiger partial charge in [0.15, 0.2) is 5.01 Å². The molecule has 0 saturated carbocycles. The largest absolute Gasteiger partial charge is 0.345 e. The summed E-state index contributed by atoms with van der Waals surface area (Å²) in [4.78, 5) is 25.7. The van der Waals surface area contributed by atoms with Crippen molar-refractivity contribution in [2.75, 3.05) is 39.0 Å². The van der Waals surface area contributed by atoms with Gasteiger partial charge in [0.1, 0.15) is 5.03 Å². The van der Waals surface area contributed by atoms with Crippen LogP contribution in [0.5, 0.6) is 0 Å². The number of nitrogens with one attached hydrogen (secondary N) is 1. The molecule has 37 heavy (non-hydrogen) atoms. The average molecular weight is 587 g/mol. The molecule has 3 N–H and O–H groups in total. The summed E-state index contributed by atoms with van der Waals surface area (Å²) < 4.78 is 51.7. The number of aromatic nitrogens is 2. The molecule has 1 amide bonds. The first-order chi connectivity index (χ1) is 17.4. The van der Waals surface area contributed by atoms with Gasteiger partial charge in [-0.3, -0.25) is 4.79 Å². The minimum atomic E-state index is -3.95. The second-order valence-corrected chi connectivity index (χ2v) is 14.6. The van der Waals surface area contributed by atoms with Crippen molar-refractivity contribution < 1.29 is 21.6 Å². The van der Waals surface area contributed by atoms with Crippen molar-refractivity contribution in [3.63, 3.8) is 0 Å². The molecular weight excluding hydrogens is 560 g/mol. The second kappa shape index (κ2) is 9.91. The van der Waals surface area contributed by atoms with E-state index >= 15 is 0 Å². The number of likely N-dealkylation sites (N-methyl/N-ethyl adjacent to an activating group) is 1. The van der Waals surface area contributed by atoms with Crippen LogP contribution in [0.4, 0.5) is 0 Å². The van der Waals surface area contributed by atoms with E-state index in [-0.39, 0.29) is 42.7 Å². The predicted molar refractivity (Wildman–Crippen MR) is 142 cm³/mol. The molecule has 0 radical (unpaired) electrons. The summed E-state index contributed by atoms with van der Waals surface area (Å²) in [5.74, 6) is -0.696. The van der Waals surface area contributed by atoms with Crippen LogP contribution < -0.4 is 5.14 Å². The van der Waals surface area contributed by atoms with Crippen LogP contribution in [0.3, 0.4) is 0 Å². The van der Waals surface area contributed by atoms with Crippen molar-refractivity contribution in [1.82, 2.24) is 24.1 Å². The van der Waals surface area contributed by atoms with E-state index in [9.17, 15) is 21.6 Å². The number of nitrogens with zero attached hydrogens (tertiary/aromatic N) is 4. The highest BCUT2D eigenvalue weighted by Gasteiger charge is 2.38. The highest BCUT2D eigenvalue weighted by Crippen LogP contribution is 2.29. The third-order valence-electron chi connectivity index (χ3n) is 6.72. The minimum absolute atomic E-state index is 0.00598. The average Bonchev–Trinajstić information content (AvgIpc) is 3.45. The van der Waals surface area contributed by atoms with Gasteiger partial charge >= 0.3 is 0 Å². The number of hydrogen-bond acceptors (Lipinski definition) is 8. The van der Waals surface area contributed by atoms with Crippen LogP contribution in [-0.2, 0) is 33.0 Å². The zero-order chi connectivity index (χ0) is 26.5. The fourth-order valence-electron chi connectivity index (χ4n) is 4.75. The number of aromatic amines is 1. The van der Waals surface area contributed by atoms with Gasteiger partial charge in [0, 0.05) is 66.0 Å². The maximum Gasteiger partial charge on any atom is 0.283 e. The zero-order valence-electron chi connectivity index (χ0n) is 20.1. The number of thiazole rings is 1. The van der Waals surface area contributed by atoms with Crippen molar-refractivity contribution in [3.8, 4) is 0 Å². The van der Waals surface area contributed by atoms with Crippen molar-refractivity contribution >= 4 is 59.8 Å². The third-order valence-corrected chi connectivity index (χ3v) is 10.6. The third kappa shape index (κ3) is 5.55. The van der Waals surface area contributed by atoms with Gasteiger partial charge in [-0.05, 0) is 37.7 Å². The lowest BCUT2D eigenvalue weighted by Gasteiger charge is -2.40. The maximum absolute atomic E-state index is 13.5. The monoisotopic (exact) mass is 586 g/mol. The summed E-state index contributed by atoms with van der Waals surface area (Å²) in [5.41, 5.74) is 1.54. The van der Waals surface area contributed by atoms with Gasteiger partial charge in [0.25, 0.3) is 15.9 Å². The number of nitrogens with two attached hydrogens (primary N) is 1. The minimum Gasteiger partial charge on any atom is -0.345 e. The molecule has 1 aromatic carbocycles. The van der Waals surface area contributed by atoms with E-state index in [1.807, 2.05) is 7.05 Å². The maximum atomic E-state index is 13.5. The predicted octanol–water partition coefficient (Wildman–Crippen LogP) is 1.46. The Hall–Kier alpha value is -2.07. The highest BCUT2D eigenvalue weighted by atomic mass is 35.5. The fraction of sp³-hybridized carbons (Fsp3) is 0.455. The zero-order valence-corrected chi connectivity index (χ0v) is 23.3. The molecule has 3 aromatic rings. The van der Waals surface area contributed by atoms with E-state index in [0.29, 0.717) is 20.9 Å². The summed E-state index contributed by atoms with van der Waals surface area (Å²) in [6, 6.07) is 5.87. The van der Waals surface area contributed by atoms with Gasteiger partial charge in [-0.15, -0.1) is 11.3 Å². The summed E-state index contributed by atoms with van der Waals surface area (Å²) in [7, 11) is -5.75. The Labute approximate surface area is 224 Å². The molecule has 0 spiro atoms. The molecule has 1 atom stereocenters. The van der Waals surface area contributed by atoms with Crippen LogP contribution in [0.25, 0.3) is 10.9 Å². The number of piperazine rings is 1. The van der Waals surface area contributed by atoms with Crippen LogP contribution >= 0.6 is 22.9 Å². The van der Waals surface area contributed by atoms with Crippen LogP contribution in [0.1, 0.15) is 26.8 Å². The van der Waals surface area contributed by atoms with Gasteiger partial charge in [0.2, 0.25) is 10.0 Å². The van der Waals surface area contributed by atoms with E-state index < -0.39 is 26.1 Å². The smallest absolute Gasteiger partial charge is 0.283 e. The summed E-state index contributed by atoms with van der Waals surface area (Å²) in [6.45, 7) is 1.68. The first kappa shape index (κ1) is 26.5. The summed E-state index contributed by atoms with van der Waals surface area (Å²) in [6.07, 6.45) is 0.763. The van der Waals surface area contributed by atoms with Crippen molar-refractivity contribution in [3.05, 3.63) is 44.9 Å². The number of hydrogen-bond donors (Lipinski definition) is 2. The summed E-state index contributed by atoms with van der Waals surface area (Å²) in [5, 5.41) is 6.72. The quantitative estimate of drug-likeness (QED) is 0.444. The van der Waals surface area contributed by atoms with Crippen molar-refractivity contribution in [2.45, 2.75) is 30.5 Å². The number of rotatable bonds is 6. The van der Waals surface area contributed by atoms with Gasteiger partial charge in [-0.25, -0.2) is 27.0 Å². The lowest BCUT2D eigenvalue weighted by molar-refractivity contribution is 0.0559. The highest BCUT2D eigenvalue weighted by molar-refractivity contribution is 7.89. The topological polar surface area (TPSA) is 150 Å². The molecule has 2 aliphatic heterocycles. The van der Waals surface area contributed by atoms with Gasteiger partial charge in [-0.1, -0.05) is 11.6 Å². The van der Waals surface area contributed by atoms with Crippen LogP contribution in [0, 0.1) is 0 Å². The van der Waals surface area contributed by atoms with Crippen LogP contribution in [-0.4, -0.2) is 91.8 Å². The molecule has 1 fully saturated rings. The Morgan fingerprint density at radius 3 is 2.76 bits per heavy atom. The van der Waals surface area contributed by atoms with Crippen LogP contribution in [0.15, 0.2) is 29.3 Å². The number of benzene rings is 1. The Balaban J connectivity index is 1.41. The summed E-state index contributed by atoms with van der Waals surface area (Å²) >= 11 is 7.38. The molecule has 1 unspecified atom stereocenters. The molecule has 2 aliphatic rings. The molecule has 0 aliphatic carbocycles. The molecule has 1 saturated heterocycles. The second-order valence-electron chi connectivity index (χ2n) is 9.41. The number of H-pyrrole nitrogens is 1. The van der Waals surface area contributed by atoms with Crippen LogP contribution in [0.2, 0.25) is 5.02 Å². The molecule has 11 nitrogen and oxygen atoms in total. The Morgan fingerprint density at radius 2 is 2.00 bits per heavy atom. The SMILES string of the molecule is CN1CCc2nc(C(=O)N3CCN(S(=O)(=O)c4cc5cc(Cl)ccc5[nH]4)CC3CCS(N)(=O)=O)sc2C1. The molecule has 2 aromatic heterocycles. The molecular formula is C22H27ClN6O5S3. The van der Waals surface area contributed by atoms with E-state index in [2.05, 4.69) is 14.9 Å². The number of carbonyl (C=O) groups is 1. The van der Waals surface area contributed by atoms with E-state index in [1.165, 1.54) is 26.6 Å². The van der Waals surface area contributed by atoms with Gasteiger partial charge < -0.3 is 14.8 Å². The molecule has 0 bridgehead atoms. The van der Waals surface area contributed by atoms with E-state index in [1.54, 1.807) is 18.2 Å². The lowest BCUT2D eigenvalue weighted by Crippen LogP contribution is -2.57. The fourth-order valence-corrected chi connectivity index (χ4v) is 8.16. The molecule has 15 heteroatoms. The van der Waals surface area contributed by atoms with Crippen molar-refractivity contribution in [1.29, 1.82) is 0 Å². The molecule has 4 heterocycles. The number of amides is 1. The number of fused-ring (bicyclic) bond motifs is 2. The lowest BCUT2D eigenvalue weighted by atomic mass is 10.1. The molecule has 5 rings (SSSR count). The Bertz CT molecular complexity index is 1570.